The van der Waals surface area contributed by atoms with E-state index in [-0.39, 0.29) is 24.4 Å². The number of rotatable bonds is 5. The standard InChI is InChI=1S/C21H27N5O3/c1-3-14-8-10-21(11-9-14)19(28)26(20(29)25-21)12-17(27)22-13(2)18-23-15-6-4-5-7-16(15)24-18/h4-7,13-14H,3,8-12H2,1-2H3,(H,22,27)(H,23,24)(H,25,29). The highest BCUT2D eigenvalue weighted by atomic mass is 16.2. The minimum atomic E-state index is -0.826. The fraction of sp³-hybridized carbons (Fsp3) is 0.524. The zero-order valence-corrected chi connectivity index (χ0v) is 16.8. The van der Waals surface area contributed by atoms with E-state index >= 15 is 0 Å². The summed E-state index contributed by atoms with van der Waals surface area (Å²) in [6.45, 7) is 3.68. The fourth-order valence-electron chi connectivity index (χ4n) is 4.41. The molecule has 2 heterocycles. The van der Waals surface area contributed by atoms with E-state index in [0.29, 0.717) is 24.6 Å². The molecular formula is C21H27N5O3. The van der Waals surface area contributed by atoms with Crippen LogP contribution in [0.3, 0.4) is 0 Å². The highest BCUT2D eigenvalue weighted by Crippen LogP contribution is 2.37. The van der Waals surface area contributed by atoms with Crippen molar-refractivity contribution < 1.29 is 14.4 Å². The summed E-state index contributed by atoms with van der Waals surface area (Å²) >= 11 is 0. The first-order chi connectivity index (χ1) is 13.9. The molecule has 8 heteroatoms. The van der Waals surface area contributed by atoms with Crippen molar-refractivity contribution in [3.63, 3.8) is 0 Å². The molecule has 4 amide bonds. The largest absolute Gasteiger partial charge is 0.345 e. The van der Waals surface area contributed by atoms with Crippen LogP contribution in [-0.4, -0.2) is 44.8 Å². The molecule has 1 atom stereocenters. The van der Waals surface area contributed by atoms with Crippen LogP contribution in [-0.2, 0) is 9.59 Å². The number of aromatic nitrogens is 2. The lowest BCUT2D eigenvalue weighted by Crippen LogP contribution is -2.50. The van der Waals surface area contributed by atoms with Crippen molar-refractivity contribution in [2.75, 3.05) is 6.54 Å². The molecule has 0 radical (unpaired) electrons. The smallest absolute Gasteiger partial charge is 0.325 e. The van der Waals surface area contributed by atoms with E-state index in [1.165, 1.54) is 0 Å². The Morgan fingerprint density at radius 3 is 2.72 bits per heavy atom. The first kappa shape index (κ1) is 19.4. The number of benzene rings is 1. The van der Waals surface area contributed by atoms with Crippen molar-refractivity contribution >= 4 is 28.9 Å². The molecule has 2 aromatic rings. The molecule has 0 bridgehead atoms. The molecule has 29 heavy (non-hydrogen) atoms. The molecule has 1 unspecified atom stereocenters. The summed E-state index contributed by atoms with van der Waals surface area (Å²) in [6.07, 6.45) is 4.22. The maximum Gasteiger partial charge on any atom is 0.325 e. The van der Waals surface area contributed by atoms with Gasteiger partial charge in [-0.15, -0.1) is 0 Å². The van der Waals surface area contributed by atoms with Crippen molar-refractivity contribution in [2.45, 2.75) is 57.5 Å². The number of nitrogens with zero attached hydrogens (tertiary/aromatic N) is 2. The zero-order valence-electron chi connectivity index (χ0n) is 16.8. The van der Waals surface area contributed by atoms with Gasteiger partial charge >= 0.3 is 6.03 Å². The Labute approximate surface area is 169 Å². The van der Waals surface area contributed by atoms with Crippen molar-refractivity contribution in [3.05, 3.63) is 30.1 Å². The average molecular weight is 397 g/mol. The Morgan fingerprint density at radius 2 is 2.03 bits per heavy atom. The third-order valence-electron chi connectivity index (χ3n) is 6.28. The summed E-state index contributed by atoms with van der Waals surface area (Å²) in [4.78, 5) is 46.6. The van der Waals surface area contributed by atoms with Gasteiger partial charge in [-0.1, -0.05) is 25.5 Å². The number of imide groups is 1. The lowest BCUT2D eigenvalue weighted by atomic mass is 9.75. The number of aromatic amines is 1. The molecule has 1 saturated carbocycles. The van der Waals surface area contributed by atoms with Crippen molar-refractivity contribution in [1.29, 1.82) is 0 Å². The number of amides is 4. The lowest BCUT2D eigenvalue weighted by molar-refractivity contribution is -0.136. The highest BCUT2D eigenvalue weighted by molar-refractivity contribution is 6.09. The van der Waals surface area contributed by atoms with Crippen LogP contribution >= 0.6 is 0 Å². The first-order valence-corrected chi connectivity index (χ1v) is 10.3. The third-order valence-corrected chi connectivity index (χ3v) is 6.28. The highest BCUT2D eigenvalue weighted by Gasteiger charge is 2.52. The van der Waals surface area contributed by atoms with Gasteiger partial charge in [0.05, 0.1) is 17.1 Å². The number of H-pyrrole nitrogens is 1. The number of carbonyl (C=O) groups excluding carboxylic acids is 3. The number of nitrogens with one attached hydrogen (secondary N) is 3. The van der Waals surface area contributed by atoms with Gasteiger partial charge in [0, 0.05) is 0 Å². The van der Waals surface area contributed by atoms with Crippen LogP contribution in [0.5, 0.6) is 0 Å². The van der Waals surface area contributed by atoms with Crippen LogP contribution in [0.15, 0.2) is 24.3 Å². The molecule has 1 aromatic carbocycles. The van der Waals surface area contributed by atoms with Gasteiger partial charge in [-0.05, 0) is 50.7 Å². The minimum Gasteiger partial charge on any atom is -0.345 e. The Morgan fingerprint density at radius 1 is 1.31 bits per heavy atom. The van der Waals surface area contributed by atoms with Gasteiger partial charge in [0.15, 0.2) is 0 Å². The summed E-state index contributed by atoms with van der Waals surface area (Å²) in [7, 11) is 0. The van der Waals surface area contributed by atoms with E-state index in [4.69, 9.17) is 0 Å². The molecule has 3 N–H and O–H groups in total. The number of hydrogen-bond acceptors (Lipinski definition) is 4. The van der Waals surface area contributed by atoms with Gasteiger partial charge in [0.2, 0.25) is 5.91 Å². The normalized spacial score (nSPS) is 25.4. The van der Waals surface area contributed by atoms with Gasteiger partial charge in [-0.3, -0.25) is 14.5 Å². The number of urea groups is 1. The Hall–Kier alpha value is -2.90. The molecule has 8 nitrogen and oxygen atoms in total. The van der Waals surface area contributed by atoms with Crippen LogP contribution in [0.1, 0.15) is 57.8 Å². The summed E-state index contributed by atoms with van der Waals surface area (Å²) in [5.41, 5.74) is 0.887. The van der Waals surface area contributed by atoms with E-state index in [1.807, 2.05) is 31.2 Å². The topological polar surface area (TPSA) is 107 Å². The number of fused-ring (bicyclic) bond motifs is 1. The second-order valence-corrected chi connectivity index (χ2v) is 8.18. The quantitative estimate of drug-likeness (QED) is 0.674. The molecule has 1 aromatic heterocycles. The lowest BCUT2D eigenvalue weighted by Gasteiger charge is -2.34. The van der Waals surface area contributed by atoms with Crippen molar-refractivity contribution in [2.24, 2.45) is 5.92 Å². The third kappa shape index (κ3) is 3.59. The van der Waals surface area contributed by atoms with Crippen LogP contribution < -0.4 is 10.6 Å². The van der Waals surface area contributed by atoms with Gasteiger partial charge in [0.1, 0.15) is 17.9 Å². The molecule has 2 aliphatic rings. The van der Waals surface area contributed by atoms with E-state index < -0.39 is 11.6 Å². The fourth-order valence-corrected chi connectivity index (χ4v) is 4.41. The molecule has 1 saturated heterocycles. The van der Waals surface area contributed by atoms with E-state index in [2.05, 4.69) is 27.5 Å². The first-order valence-electron chi connectivity index (χ1n) is 10.3. The van der Waals surface area contributed by atoms with E-state index in [0.717, 1.165) is 35.2 Å². The number of hydrogen-bond donors (Lipinski definition) is 3. The number of carbonyl (C=O) groups is 3. The Bertz CT molecular complexity index is 912. The Kier molecular flexibility index (Phi) is 5.02. The van der Waals surface area contributed by atoms with Gasteiger partial charge in [-0.2, -0.15) is 0 Å². The van der Waals surface area contributed by atoms with Crippen LogP contribution in [0.2, 0.25) is 0 Å². The van der Waals surface area contributed by atoms with Gasteiger partial charge < -0.3 is 15.6 Å². The predicted octanol–water partition coefficient (Wildman–Crippen LogP) is 2.63. The maximum atomic E-state index is 12.9. The summed E-state index contributed by atoms with van der Waals surface area (Å²) in [5, 5.41) is 5.69. The summed E-state index contributed by atoms with van der Waals surface area (Å²) < 4.78 is 0. The molecule has 4 rings (SSSR count). The van der Waals surface area contributed by atoms with Crippen molar-refractivity contribution in [1.82, 2.24) is 25.5 Å². The Balaban J connectivity index is 1.39. The van der Waals surface area contributed by atoms with Gasteiger partial charge in [-0.25, -0.2) is 9.78 Å². The average Bonchev–Trinajstić information content (AvgIpc) is 3.24. The van der Waals surface area contributed by atoms with Crippen LogP contribution in [0, 0.1) is 5.92 Å². The minimum absolute atomic E-state index is 0.274. The van der Waals surface area contributed by atoms with Crippen LogP contribution in [0.25, 0.3) is 11.0 Å². The zero-order chi connectivity index (χ0) is 20.6. The molecule has 1 spiro atoms. The molecule has 154 valence electrons. The molecule has 1 aliphatic carbocycles. The van der Waals surface area contributed by atoms with E-state index in [9.17, 15) is 14.4 Å². The molecule has 2 fully saturated rings. The SMILES string of the molecule is CCC1CCC2(CC1)NC(=O)N(CC(=O)NC(C)c1nc3ccccc3[nH]1)C2=O. The van der Waals surface area contributed by atoms with Gasteiger partial charge in [0.25, 0.3) is 5.91 Å². The maximum absolute atomic E-state index is 12.9. The number of imidazole rings is 1. The second kappa shape index (κ2) is 7.50. The monoisotopic (exact) mass is 397 g/mol. The van der Waals surface area contributed by atoms with Crippen molar-refractivity contribution in [3.8, 4) is 0 Å². The number of para-hydroxylation sites is 2. The predicted molar refractivity (Wildman–Crippen MR) is 108 cm³/mol. The summed E-state index contributed by atoms with van der Waals surface area (Å²) in [5.74, 6) is 0.572. The van der Waals surface area contributed by atoms with E-state index in [1.54, 1.807) is 0 Å². The second-order valence-electron chi connectivity index (χ2n) is 8.18. The molecule has 1 aliphatic heterocycles. The summed E-state index contributed by atoms with van der Waals surface area (Å²) in [6, 6.07) is 6.78. The molecular weight excluding hydrogens is 370 g/mol. The van der Waals surface area contributed by atoms with Crippen LogP contribution in [0.4, 0.5) is 4.79 Å².